The second-order valence-electron chi connectivity index (χ2n) is 5.43. The van der Waals surface area contributed by atoms with Crippen LogP contribution in [0.4, 0.5) is 5.13 Å². The van der Waals surface area contributed by atoms with Crippen LogP contribution in [0.3, 0.4) is 0 Å². The summed E-state index contributed by atoms with van der Waals surface area (Å²) in [5.41, 5.74) is 2.34. The van der Waals surface area contributed by atoms with Gasteiger partial charge in [-0.1, -0.05) is 47.4 Å². The zero-order valence-electron chi connectivity index (χ0n) is 14.0. The van der Waals surface area contributed by atoms with Gasteiger partial charge in [0.2, 0.25) is 16.9 Å². The Balaban J connectivity index is 1.55. The van der Waals surface area contributed by atoms with Crippen molar-refractivity contribution in [2.75, 3.05) is 11.1 Å². The SMILES string of the molecule is C=CCn1c(SCC(=O)Nc2nncs2)nnc1-c1cc2ccccc2o1. The van der Waals surface area contributed by atoms with Crippen LogP contribution in [0.25, 0.3) is 22.6 Å². The van der Waals surface area contributed by atoms with E-state index in [4.69, 9.17) is 4.42 Å². The Kier molecular flexibility index (Phi) is 4.99. The number of hydrogen-bond donors (Lipinski definition) is 1. The molecule has 0 atom stereocenters. The maximum Gasteiger partial charge on any atom is 0.236 e. The van der Waals surface area contributed by atoms with Crippen LogP contribution >= 0.6 is 23.1 Å². The molecule has 0 aliphatic carbocycles. The zero-order chi connectivity index (χ0) is 18.6. The molecule has 4 aromatic rings. The van der Waals surface area contributed by atoms with Gasteiger partial charge in [-0.2, -0.15) is 0 Å². The van der Waals surface area contributed by atoms with Gasteiger partial charge in [-0.05, 0) is 12.1 Å². The first kappa shape index (κ1) is 17.4. The number of nitrogens with one attached hydrogen (secondary N) is 1. The van der Waals surface area contributed by atoms with Crippen LogP contribution in [0, 0.1) is 0 Å². The number of amides is 1. The van der Waals surface area contributed by atoms with E-state index >= 15 is 0 Å². The Bertz CT molecular complexity index is 1050. The van der Waals surface area contributed by atoms with Crippen molar-refractivity contribution in [3.8, 4) is 11.6 Å². The number of para-hydroxylation sites is 1. The van der Waals surface area contributed by atoms with Crippen LogP contribution in [-0.2, 0) is 11.3 Å². The molecule has 0 saturated heterocycles. The zero-order valence-corrected chi connectivity index (χ0v) is 15.7. The average molecular weight is 398 g/mol. The van der Waals surface area contributed by atoms with Gasteiger partial charge in [0.05, 0.1) is 5.75 Å². The van der Waals surface area contributed by atoms with Gasteiger partial charge in [-0.3, -0.25) is 14.7 Å². The van der Waals surface area contributed by atoms with Gasteiger partial charge in [-0.25, -0.2) is 0 Å². The molecular formula is C17H14N6O2S2. The normalized spacial score (nSPS) is 11.0. The number of carbonyl (C=O) groups excluding carboxylic acids is 1. The Morgan fingerprint density at radius 1 is 1.33 bits per heavy atom. The fourth-order valence-electron chi connectivity index (χ4n) is 2.48. The van der Waals surface area contributed by atoms with Crippen LogP contribution in [-0.4, -0.2) is 36.6 Å². The van der Waals surface area contributed by atoms with E-state index in [0.717, 1.165) is 11.0 Å². The predicted molar refractivity (Wildman–Crippen MR) is 105 cm³/mol. The Hall–Kier alpha value is -2.98. The van der Waals surface area contributed by atoms with Crippen molar-refractivity contribution >= 4 is 45.1 Å². The number of fused-ring (bicyclic) bond motifs is 1. The lowest BCUT2D eigenvalue weighted by Crippen LogP contribution is -2.14. The van der Waals surface area contributed by atoms with Crippen molar-refractivity contribution in [3.05, 3.63) is 48.5 Å². The number of rotatable bonds is 7. The molecule has 136 valence electrons. The Labute approximate surface area is 162 Å². The molecule has 8 nitrogen and oxygen atoms in total. The molecule has 1 N–H and O–H groups in total. The summed E-state index contributed by atoms with van der Waals surface area (Å²) in [5, 5.41) is 20.7. The fourth-order valence-corrected chi connectivity index (χ4v) is 3.69. The summed E-state index contributed by atoms with van der Waals surface area (Å²) in [7, 11) is 0. The summed E-state index contributed by atoms with van der Waals surface area (Å²) in [6.07, 6.45) is 1.75. The average Bonchev–Trinajstić information content (AvgIpc) is 3.39. The van der Waals surface area contributed by atoms with E-state index in [1.165, 1.54) is 23.1 Å². The number of carbonyl (C=O) groups is 1. The highest BCUT2D eigenvalue weighted by Gasteiger charge is 2.18. The molecule has 0 unspecified atom stereocenters. The third kappa shape index (κ3) is 3.76. The van der Waals surface area contributed by atoms with Crippen LogP contribution in [0.2, 0.25) is 0 Å². The minimum absolute atomic E-state index is 0.176. The topological polar surface area (TPSA) is 98.7 Å². The fraction of sp³-hybridized carbons (Fsp3) is 0.118. The molecule has 0 spiro atoms. The lowest BCUT2D eigenvalue weighted by Gasteiger charge is -2.06. The van der Waals surface area contributed by atoms with Gasteiger partial charge in [-0.15, -0.1) is 27.0 Å². The molecule has 4 rings (SSSR count). The van der Waals surface area contributed by atoms with E-state index < -0.39 is 0 Å². The first-order valence-corrected chi connectivity index (χ1v) is 9.83. The molecule has 1 amide bonds. The second-order valence-corrected chi connectivity index (χ2v) is 7.21. The molecule has 27 heavy (non-hydrogen) atoms. The van der Waals surface area contributed by atoms with Gasteiger partial charge >= 0.3 is 0 Å². The van der Waals surface area contributed by atoms with E-state index in [0.29, 0.717) is 28.4 Å². The van der Waals surface area contributed by atoms with Gasteiger partial charge in [0.1, 0.15) is 11.1 Å². The largest absolute Gasteiger partial charge is 0.453 e. The Morgan fingerprint density at radius 2 is 2.22 bits per heavy atom. The smallest absolute Gasteiger partial charge is 0.236 e. The minimum atomic E-state index is -0.185. The summed E-state index contributed by atoms with van der Waals surface area (Å²) in [5.74, 6) is 1.21. The summed E-state index contributed by atoms with van der Waals surface area (Å²) in [6.45, 7) is 4.29. The number of anilines is 1. The Morgan fingerprint density at radius 3 is 3.00 bits per heavy atom. The monoisotopic (exact) mass is 398 g/mol. The third-order valence-electron chi connectivity index (χ3n) is 3.61. The van der Waals surface area contributed by atoms with Crippen LogP contribution in [0.5, 0.6) is 0 Å². The number of furan rings is 1. The lowest BCUT2D eigenvalue weighted by atomic mass is 10.2. The maximum absolute atomic E-state index is 12.1. The molecule has 1 aromatic carbocycles. The van der Waals surface area contributed by atoms with Crippen molar-refractivity contribution in [1.82, 2.24) is 25.0 Å². The number of allylic oxidation sites excluding steroid dienone is 1. The van der Waals surface area contributed by atoms with Gasteiger partial charge < -0.3 is 4.42 Å². The summed E-state index contributed by atoms with van der Waals surface area (Å²) in [4.78, 5) is 12.1. The summed E-state index contributed by atoms with van der Waals surface area (Å²) in [6, 6.07) is 9.68. The van der Waals surface area contributed by atoms with E-state index in [1.807, 2.05) is 34.9 Å². The molecule has 0 bridgehead atoms. The lowest BCUT2D eigenvalue weighted by molar-refractivity contribution is -0.113. The van der Waals surface area contributed by atoms with Crippen LogP contribution < -0.4 is 5.32 Å². The van der Waals surface area contributed by atoms with Gasteiger partial charge in [0.15, 0.2) is 10.9 Å². The molecule has 3 aromatic heterocycles. The number of benzene rings is 1. The minimum Gasteiger partial charge on any atom is -0.453 e. The molecular weight excluding hydrogens is 384 g/mol. The second kappa shape index (κ2) is 7.72. The van der Waals surface area contributed by atoms with Crippen molar-refractivity contribution in [2.45, 2.75) is 11.7 Å². The molecule has 0 aliphatic rings. The predicted octanol–water partition coefficient (Wildman–Crippen LogP) is 3.46. The van der Waals surface area contributed by atoms with E-state index in [-0.39, 0.29) is 11.7 Å². The highest BCUT2D eigenvalue weighted by molar-refractivity contribution is 7.99. The molecule has 0 aliphatic heterocycles. The number of nitrogens with zero attached hydrogens (tertiary/aromatic N) is 5. The first-order valence-electron chi connectivity index (χ1n) is 7.96. The van der Waals surface area contributed by atoms with Crippen molar-refractivity contribution in [1.29, 1.82) is 0 Å². The quantitative estimate of drug-likeness (QED) is 0.376. The van der Waals surface area contributed by atoms with Crippen molar-refractivity contribution in [3.63, 3.8) is 0 Å². The number of aromatic nitrogens is 5. The van der Waals surface area contributed by atoms with Crippen LogP contribution in [0.1, 0.15) is 0 Å². The standard InChI is InChI=1S/C17H14N6O2S2/c1-2-7-23-15(13-8-11-5-3-4-6-12(11)25-13)20-22-17(23)26-9-14(24)19-16-21-18-10-27-16/h2-6,8,10H,1,7,9H2,(H,19,21,24). The summed E-state index contributed by atoms with van der Waals surface area (Å²) >= 11 is 2.55. The molecule has 0 radical (unpaired) electrons. The van der Waals surface area contributed by atoms with Gasteiger partial charge in [0, 0.05) is 11.9 Å². The molecule has 10 heteroatoms. The van der Waals surface area contributed by atoms with E-state index in [1.54, 1.807) is 11.6 Å². The molecule has 0 saturated carbocycles. The first-order chi connectivity index (χ1) is 13.2. The number of hydrogen-bond acceptors (Lipinski definition) is 8. The van der Waals surface area contributed by atoms with Crippen molar-refractivity contribution in [2.24, 2.45) is 0 Å². The third-order valence-corrected chi connectivity index (χ3v) is 5.19. The van der Waals surface area contributed by atoms with E-state index in [9.17, 15) is 4.79 Å². The maximum atomic E-state index is 12.1. The van der Waals surface area contributed by atoms with Crippen molar-refractivity contribution < 1.29 is 9.21 Å². The van der Waals surface area contributed by atoms with Gasteiger partial charge in [0.25, 0.3) is 0 Å². The van der Waals surface area contributed by atoms with Crippen LogP contribution in [0.15, 0.2) is 58.1 Å². The molecule has 0 fully saturated rings. The highest BCUT2D eigenvalue weighted by Crippen LogP contribution is 2.29. The highest BCUT2D eigenvalue weighted by atomic mass is 32.2. The number of thioether (sulfide) groups is 1. The molecule has 3 heterocycles. The summed E-state index contributed by atoms with van der Waals surface area (Å²) < 4.78 is 7.76. The van der Waals surface area contributed by atoms with E-state index in [2.05, 4.69) is 32.3 Å².